The fourth-order valence-corrected chi connectivity index (χ4v) is 5.12. The fraction of sp³-hybridized carbons (Fsp3) is 0.150. The van der Waals surface area contributed by atoms with Gasteiger partial charge < -0.3 is 19.3 Å². The summed E-state index contributed by atoms with van der Waals surface area (Å²) < 4.78 is 11.0. The van der Waals surface area contributed by atoms with Gasteiger partial charge in [0.05, 0.1) is 25.3 Å². The van der Waals surface area contributed by atoms with Crippen LogP contribution < -0.4 is 19.3 Å². The Morgan fingerprint density at radius 2 is 0.870 bits per heavy atom. The van der Waals surface area contributed by atoms with Crippen molar-refractivity contribution in [1.82, 2.24) is 9.97 Å². The number of anilines is 2. The summed E-state index contributed by atoms with van der Waals surface area (Å²) in [5, 5.41) is 2.30. The molecule has 232 valence electrons. The van der Waals surface area contributed by atoms with Gasteiger partial charge in [0.15, 0.2) is 0 Å². The molecule has 0 unspecified atom stereocenters. The van der Waals surface area contributed by atoms with Gasteiger partial charge in [0.2, 0.25) is 0 Å². The first-order valence-corrected chi connectivity index (χ1v) is 15.1. The Hall–Kier alpha value is -5.62. The van der Waals surface area contributed by atoms with Crippen molar-refractivity contribution in [3.63, 3.8) is 0 Å². The number of methoxy groups -OCH3 is 2. The molecule has 6 aromatic rings. The molecule has 0 saturated heterocycles. The maximum Gasteiger partial charge on any atom is 0.128 e. The van der Waals surface area contributed by atoms with E-state index in [-0.39, 0.29) is 0 Å². The van der Waals surface area contributed by atoms with Crippen LogP contribution in [-0.4, -0.2) is 52.4 Å². The molecule has 6 rings (SSSR count). The highest BCUT2D eigenvalue weighted by Crippen LogP contribution is 2.29. The maximum absolute atomic E-state index is 5.52. The number of nitrogens with zero attached hydrogens (tertiary/aromatic N) is 4. The molecule has 46 heavy (non-hydrogen) atoms. The fourth-order valence-electron chi connectivity index (χ4n) is 5.12. The van der Waals surface area contributed by atoms with Gasteiger partial charge in [0.25, 0.3) is 0 Å². The molecule has 4 aromatic carbocycles. The summed E-state index contributed by atoms with van der Waals surface area (Å²) in [5.41, 5.74) is 8.65. The van der Waals surface area contributed by atoms with Crippen molar-refractivity contribution < 1.29 is 9.47 Å². The van der Waals surface area contributed by atoms with Crippen molar-refractivity contribution in [1.29, 1.82) is 0 Å². The monoisotopic (exact) mass is 608 g/mol. The summed E-state index contributed by atoms with van der Waals surface area (Å²) in [6.07, 6.45) is 12.1. The van der Waals surface area contributed by atoms with E-state index < -0.39 is 0 Å². The average molecular weight is 609 g/mol. The van der Waals surface area contributed by atoms with Crippen molar-refractivity contribution in [3.8, 4) is 11.5 Å². The SMILES string of the molecule is COc1cc(N(C)C)ccc1C=Cc1ccnc2ccccc12.COc1cc(N(C)C)ccc1C=Cc1ccnc2ccccc12. The minimum atomic E-state index is 0.866. The highest BCUT2D eigenvalue weighted by molar-refractivity contribution is 5.92. The van der Waals surface area contributed by atoms with Gasteiger partial charge in [-0.25, -0.2) is 0 Å². The molecule has 0 spiro atoms. The number of rotatable bonds is 8. The number of benzene rings is 4. The number of fused-ring (bicyclic) bond motifs is 2. The Kier molecular flexibility index (Phi) is 10.3. The minimum absolute atomic E-state index is 0.866. The van der Waals surface area contributed by atoms with E-state index in [1.54, 1.807) is 14.2 Å². The first-order chi connectivity index (χ1) is 22.4. The van der Waals surface area contributed by atoms with Gasteiger partial charge in [-0.3, -0.25) is 9.97 Å². The Balaban J connectivity index is 0.000000181. The molecule has 0 aliphatic heterocycles. The van der Waals surface area contributed by atoms with Crippen molar-refractivity contribution in [3.05, 3.63) is 132 Å². The second-order valence-corrected chi connectivity index (χ2v) is 11.1. The van der Waals surface area contributed by atoms with Crippen molar-refractivity contribution in [2.24, 2.45) is 0 Å². The molecule has 0 aliphatic rings. The van der Waals surface area contributed by atoms with Crippen LogP contribution in [0.1, 0.15) is 22.3 Å². The first kappa shape index (κ1) is 31.8. The number of aromatic nitrogens is 2. The second kappa shape index (κ2) is 14.9. The highest BCUT2D eigenvalue weighted by Gasteiger charge is 2.06. The molecule has 0 radical (unpaired) electrons. The molecular formula is C40H40N4O2. The largest absolute Gasteiger partial charge is 0.496 e. The third kappa shape index (κ3) is 7.53. The molecule has 0 amide bonds. The number of pyridine rings is 2. The first-order valence-electron chi connectivity index (χ1n) is 15.1. The van der Waals surface area contributed by atoms with Crippen LogP contribution in [0.25, 0.3) is 46.1 Å². The van der Waals surface area contributed by atoms with Crippen molar-refractivity contribution in [2.45, 2.75) is 0 Å². The van der Waals surface area contributed by atoms with E-state index in [0.29, 0.717) is 0 Å². The lowest BCUT2D eigenvalue weighted by Gasteiger charge is -2.14. The standard InChI is InChI=1S/2C20H20N2O/c2*1-22(2)17-11-10-16(20(14-17)23-3)9-8-15-12-13-21-19-7-5-4-6-18(15)19/h2*4-14H,1-3H3. The summed E-state index contributed by atoms with van der Waals surface area (Å²) in [4.78, 5) is 12.9. The number of para-hydroxylation sites is 2. The smallest absolute Gasteiger partial charge is 0.128 e. The molecule has 0 saturated carbocycles. The zero-order valence-corrected chi connectivity index (χ0v) is 27.3. The predicted octanol–water partition coefficient (Wildman–Crippen LogP) is 8.96. The molecule has 0 bridgehead atoms. The van der Waals surface area contributed by atoms with Gasteiger partial charge >= 0.3 is 0 Å². The van der Waals surface area contributed by atoms with Crippen LogP contribution in [0.3, 0.4) is 0 Å². The van der Waals surface area contributed by atoms with E-state index in [9.17, 15) is 0 Å². The van der Waals surface area contributed by atoms with Crippen LogP contribution >= 0.6 is 0 Å². The van der Waals surface area contributed by atoms with Gasteiger partial charge in [-0.1, -0.05) is 60.7 Å². The second-order valence-electron chi connectivity index (χ2n) is 11.1. The Bertz CT molecular complexity index is 1840. The molecule has 2 heterocycles. The molecule has 6 nitrogen and oxygen atoms in total. The van der Waals surface area contributed by atoms with Crippen LogP contribution in [0, 0.1) is 0 Å². The van der Waals surface area contributed by atoms with Gasteiger partial charge in [-0.15, -0.1) is 0 Å². The lowest BCUT2D eigenvalue weighted by Crippen LogP contribution is -2.08. The Morgan fingerprint density at radius 3 is 1.26 bits per heavy atom. The number of ether oxygens (including phenoxy) is 2. The maximum atomic E-state index is 5.52. The van der Waals surface area contributed by atoms with Gasteiger partial charge in [-0.2, -0.15) is 0 Å². The van der Waals surface area contributed by atoms with Crippen LogP contribution in [0.5, 0.6) is 11.5 Å². The van der Waals surface area contributed by atoms with Crippen LogP contribution in [0.15, 0.2) is 109 Å². The van der Waals surface area contributed by atoms with E-state index in [2.05, 4.69) is 80.5 Å². The molecule has 6 heteroatoms. The third-order valence-corrected chi connectivity index (χ3v) is 7.72. The van der Waals surface area contributed by atoms with Gasteiger partial charge in [0, 0.05) is 86.0 Å². The third-order valence-electron chi connectivity index (χ3n) is 7.72. The summed E-state index contributed by atoms with van der Waals surface area (Å²) >= 11 is 0. The Morgan fingerprint density at radius 1 is 0.478 bits per heavy atom. The normalized spacial score (nSPS) is 11.1. The molecule has 0 aliphatic carbocycles. The van der Waals surface area contributed by atoms with E-state index in [1.165, 1.54) is 0 Å². The van der Waals surface area contributed by atoms with Crippen molar-refractivity contribution in [2.75, 3.05) is 52.2 Å². The van der Waals surface area contributed by atoms with E-state index >= 15 is 0 Å². The zero-order valence-electron chi connectivity index (χ0n) is 27.3. The van der Waals surface area contributed by atoms with E-state index in [0.717, 1.165) is 66.9 Å². The Labute approximate surface area is 271 Å². The topological polar surface area (TPSA) is 50.7 Å². The minimum Gasteiger partial charge on any atom is -0.496 e. The molecule has 2 aromatic heterocycles. The zero-order chi connectivity index (χ0) is 32.5. The number of hydrogen-bond acceptors (Lipinski definition) is 6. The summed E-state index contributed by atoms with van der Waals surface area (Å²) in [6, 6.07) is 32.8. The van der Waals surface area contributed by atoms with Crippen LogP contribution in [0.4, 0.5) is 11.4 Å². The molecule has 0 fully saturated rings. The molecule has 0 N–H and O–H groups in total. The van der Waals surface area contributed by atoms with Gasteiger partial charge in [-0.05, 0) is 59.7 Å². The quantitative estimate of drug-likeness (QED) is 0.172. The molecular weight excluding hydrogens is 568 g/mol. The van der Waals surface area contributed by atoms with Crippen LogP contribution in [-0.2, 0) is 0 Å². The molecule has 0 atom stereocenters. The summed E-state index contributed by atoms with van der Waals surface area (Å²) in [6.45, 7) is 0. The van der Waals surface area contributed by atoms with Gasteiger partial charge in [0.1, 0.15) is 11.5 Å². The van der Waals surface area contributed by atoms with Crippen molar-refractivity contribution >= 4 is 57.5 Å². The summed E-state index contributed by atoms with van der Waals surface area (Å²) in [5.74, 6) is 1.73. The lowest BCUT2D eigenvalue weighted by atomic mass is 10.1. The number of hydrogen-bond donors (Lipinski definition) is 0. The van der Waals surface area contributed by atoms with E-state index in [1.807, 2.05) is 101 Å². The van der Waals surface area contributed by atoms with E-state index in [4.69, 9.17) is 9.47 Å². The summed E-state index contributed by atoms with van der Waals surface area (Å²) in [7, 11) is 11.5. The average Bonchev–Trinajstić information content (AvgIpc) is 3.09. The lowest BCUT2D eigenvalue weighted by molar-refractivity contribution is 0.414. The van der Waals surface area contributed by atoms with Crippen LogP contribution in [0.2, 0.25) is 0 Å². The highest BCUT2D eigenvalue weighted by atomic mass is 16.5. The predicted molar refractivity (Wildman–Crippen MR) is 196 cm³/mol.